The molecule has 0 fully saturated rings. The Kier molecular flexibility index (Phi) is 8.58. The van der Waals surface area contributed by atoms with Gasteiger partial charge in [0.25, 0.3) is 0 Å². The molecule has 2 aliphatic rings. The van der Waals surface area contributed by atoms with Crippen LogP contribution in [0.15, 0.2) is 146 Å². The molecule has 0 aliphatic carbocycles. The van der Waals surface area contributed by atoms with Crippen LogP contribution in [0.3, 0.4) is 0 Å². The normalized spacial score (nSPS) is 11.8. The van der Waals surface area contributed by atoms with Crippen molar-refractivity contribution in [3.63, 3.8) is 0 Å². The van der Waals surface area contributed by atoms with Crippen molar-refractivity contribution < 1.29 is 21.0 Å². The zero-order chi connectivity index (χ0) is 33.9. The van der Waals surface area contributed by atoms with Gasteiger partial charge in [-0.05, 0) is 47.0 Å². The van der Waals surface area contributed by atoms with Crippen LogP contribution >= 0.6 is 0 Å². The number of H-pyrrole nitrogens is 2. The topological polar surface area (TPSA) is 74.4 Å². The van der Waals surface area contributed by atoms with Gasteiger partial charge < -0.3 is 15.0 Å². The van der Waals surface area contributed by atoms with Gasteiger partial charge in [0.2, 0.25) is 0 Å². The summed E-state index contributed by atoms with van der Waals surface area (Å²) >= 11 is 1.06. The third-order valence-electron chi connectivity index (χ3n) is 8.71. The van der Waals surface area contributed by atoms with Crippen LogP contribution in [-0.4, -0.2) is 19.9 Å². The van der Waals surface area contributed by atoms with Gasteiger partial charge in [0.05, 0.1) is 11.4 Å². The number of hydrogen-bond donors (Lipinski definition) is 2. The van der Waals surface area contributed by atoms with E-state index in [9.17, 15) is 0 Å². The molecular weight excluding hydrogens is 651 g/mol. The summed E-state index contributed by atoms with van der Waals surface area (Å²) in [4.78, 5) is 17.7. The van der Waals surface area contributed by atoms with Crippen LogP contribution in [0.25, 0.3) is 73.2 Å². The van der Waals surface area contributed by atoms with Crippen LogP contribution in [0, 0.1) is 12.1 Å². The van der Waals surface area contributed by atoms with Crippen LogP contribution in [0.4, 0.5) is 0 Å². The molecule has 0 amide bonds. The maximum atomic E-state index is 8.19. The van der Waals surface area contributed by atoms with Gasteiger partial charge >= 0.3 is 21.0 Å². The Morgan fingerprint density at radius 3 is 1.68 bits per heavy atom. The van der Waals surface area contributed by atoms with E-state index in [2.05, 4.69) is 150 Å². The standard InChI is InChI=1S/C44H28N4.O.V/c1-5-13-29(14-6-1)38-27-37-26-35-22-21-33(45-35)25-34-23-24-36(46-34)28-39-40(30-15-7-2-8-16-30)41(31-17-9-3-10-18-31)44(48-39)42(43(38)47-37)32-19-11-4-12-20-32;;/h1-25,28,45,48H;;/q-2;;+2. The number of nitrogens with zero attached hydrogens (tertiary/aromatic N) is 2. The zero-order valence-electron chi connectivity index (χ0n) is 26.8. The van der Waals surface area contributed by atoms with Crippen LogP contribution in [-0.2, 0) is 21.0 Å². The zero-order valence-corrected chi connectivity index (χ0v) is 28.2. The van der Waals surface area contributed by atoms with E-state index in [4.69, 9.17) is 13.6 Å². The van der Waals surface area contributed by atoms with E-state index in [1.807, 2.05) is 30.3 Å². The first-order chi connectivity index (χ1) is 24.8. The quantitative estimate of drug-likeness (QED) is 0.182. The SMILES string of the molecule is [C-]1=C(c2ccccc2)c2nc1[c-]c1ccc(cc3nc(cc4[nH]c(c2-c2ccccc2)c(-c2ccccc2)c4-c2ccccc2)C=C3)[nH]1.[O]=[V+2]. The molecule has 50 heavy (non-hydrogen) atoms. The van der Waals surface area contributed by atoms with Gasteiger partial charge in [-0.15, -0.1) is 17.8 Å². The van der Waals surface area contributed by atoms with Crippen LogP contribution in [0.5, 0.6) is 0 Å². The molecule has 0 atom stereocenters. The molecule has 3 aromatic heterocycles. The summed E-state index contributed by atoms with van der Waals surface area (Å²) in [6.45, 7) is 0. The molecule has 2 aliphatic heterocycles. The number of benzene rings is 4. The predicted molar refractivity (Wildman–Crippen MR) is 197 cm³/mol. The first-order valence-corrected chi connectivity index (χ1v) is 16.8. The van der Waals surface area contributed by atoms with E-state index >= 15 is 0 Å². The Bertz CT molecular complexity index is 2550. The number of rotatable bonds is 4. The number of hydrogen-bond acceptors (Lipinski definition) is 3. The number of aromatic nitrogens is 4. The second-order valence-electron chi connectivity index (χ2n) is 11.8. The third kappa shape index (κ3) is 6.01. The summed E-state index contributed by atoms with van der Waals surface area (Å²) in [6.07, 6.45) is 7.76. The third-order valence-corrected chi connectivity index (χ3v) is 8.71. The fraction of sp³-hybridized carbons (Fsp3) is 0. The molecule has 5 nitrogen and oxygen atoms in total. The van der Waals surface area contributed by atoms with Gasteiger partial charge in [-0.2, -0.15) is 5.56 Å². The average Bonchev–Trinajstić information content (AvgIpc) is 3.98. The van der Waals surface area contributed by atoms with Crippen LogP contribution < -0.4 is 0 Å². The van der Waals surface area contributed by atoms with Crippen molar-refractivity contribution in [1.82, 2.24) is 19.9 Å². The summed E-state index contributed by atoms with van der Waals surface area (Å²) in [6, 6.07) is 53.9. The Hall–Kier alpha value is -6.14. The molecule has 4 aromatic carbocycles. The minimum absolute atomic E-state index is 0.634. The predicted octanol–water partition coefficient (Wildman–Crippen LogP) is 10.4. The van der Waals surface area contributed by atoms with Gasteiger partial charge in [0.15, 0.2) is 0 Å². The van der Waals surface area contributed by atoms with Crippen molar-refractivity contribution in [3.05, 3.63) is 186 Å². The van der Waals surface area contributed by atoms with Crippen molar-refractivity contribution in [2.45, 2.75) is 0 Å². The summed E-state index contributed by atoms with van der Waals surface area (Å²) < 4.78 is 8.19. The molecule has 0 unspecified atom stereocenters. The van der Waals surface area contributed by atoms with E-state index in [1.54, 1.807) is 0 Å². The molecule has 8 bridgehead atoms. The maximum absolute atomic E-state index is 8.19. The van der Waals surface area contributed by atoms with Crippen LogP contribution in [0.1, 0.15) is 28.3 Å². The Morgan fingerprint density at radius 2 is 1.06 bits per heavy atom. The Morgan fingerprint density at radius 1 is 0.520 bits per heavy atom. The monoisotopic (exact) mass is 679 g/mol. The molecular formula is C44H28N4OV. The fourth-order valence-corrected chi connectivity index (χ4v) is 6.60. The van der Waals surface area contributed by atoms with Crippen molar-refractivity contribution in [3.8, 4) is 33.4 Å². The van der Waals surface area contributed by atoms with Gasteiger partial charge in [-0.25, -0.2) is 16.6 Å². The molecule has 6 heteroatoms. The van der Waals surface area contributed by atoms with E-state index in [-0.39, 0.29) is 0 Å². The van der Waals surface area contributed by atoms with Gasteiger partial charge in [-0.3, -0.25) is 6.08 Å². The molecule has 7 aromatic rings. The summed E-state index contributed by atoms with van der Waals surface area (Å²) in [7, 11) is 0. The van der Waals surface area contributed by atoms with E-state index in [0.29, 0.717) is 5.69 Å². The molecule has 0 radical (unpaired) electrons. The average molecular weight is 680 g/mol. The number of fused-ring (bicyclic) bond motifs is 8. The first-order valence-electron chi connectivity index (χ1n) is 16.2. The Balaban J connectivity index is 0.00000177. The second kappa shape index (κ2) is 13.8. The second-order valence-corrected chi connectivity index (χ2v) is 11.8. The molecule has 0 saturated carbocycles. The van der Waals surface area contributed by atoms with Gasteiger partial charge in [0, 0.05) is 27.7 Å². The van der Waals surface area contributed by atoms with Crippen molar-refractivity contribution in [2.75, 3.05) is 0 Å². The van der Waals surface area contributed by atoms with E-state index in [1.165, 1.54) is 0 Å². The van der Waals surface area contributed by atoms with Gasteiger partial charge in [-0.1, -0.05) is 132 Å². The summed E-state index contributed by atoms with van der Waals surface area (Å²) in [5, 5.41) is 0. The van der Waals surface area contributed by atoms with Crippen molar-refractivity contribution in [2.24, 2.45) is 0 Å². The fourth-order valence-electron chi connectivity index (χ4n) is 6.60. The molecule has 2 N–H and O–H groups in total. The molecule has 235 valence electrons. The molecule has 9 rings (SSSR count). The summed E-state index contributed by atoms with van der Waals surface area (Å²) in [5.74, 6) is 0. The Labute approximate surface area is 299 Å². The molecule has 0 saturated heterocycles. The molecule has 0 spiro atoms. The number of nitrogens with one attached hydrogen (secondary N) is 2. The summed E-state index contributed by atoms with van der Waals surface area (Å²) in [5.41, 5.74) is 15.3. The number of aromatic amines is 2. The first kappa shape index (κ1) is 31.2. The van der Waals surface area contributed by atoms with Gasteiger partial charge in [0.1, 0.15) is 0 Å². The van der Waals surface area contributed by atoms with E-state index in [0.717, 1.165) is 101 Å². The van der Waals surface area contributed by atoms with Crippen molar-refractivity contribution >= 4 is 39.8 Å². The van der Waals surface area contributed by atoms with Crippen LogP contribution in [0.2, 0.25) is 0 Å². The van der Waals surface area contributed by atoms with E-state index < -0.39 is 0 Å². The van der Waals surface area contributed by atoms with Crippen molar-refractivity contribution in [1.29, 1.82) is 0 Å². The minimum atomic E-state index is 0.634. The molecule has 5 heterocycles.